The van der Waals surface area contributed by atoms with Crippen molar-refractivity contribution in [2.75, 3.05) is 17.2 Å². The highest BCUT2D eigenvalue weighted by atomic mass is 16.2. The van der Waals surface area contributed by atoms with Crippen LogP contribution in [0.25, 0.3) is 0 Å². The van der Waals surface area contributed by atoms with E-state index in [2.05, 4.69) is 5.10 Å². The predicted octanol–water partition coefficient (Wildman–Crippen LogP) is 1.79. The van der Waals surface area contributed by atoms with Gasteiger partial charge in [-0.25, -0.2) is 0 Å². The minimum atomic E-state index is -0.459. The molecule has 0 atom stereocenters. The Balaban J connectivity index is 1.85. The summed E-state index contributed by atoms with van der Waals surface area (Å²) in [5, 5.41) is 4.15. The molecule has 2 aromatic rings. The Bertz CT molecular complexity index is 659. The summed E-state index contributed by atoms with van der Waals surface area (Å²) in [5.74, 6) is 0.636. The van der Waals surface area contributed by atoms with Crippen molar-refractivity contribution >= 4 is 17.4 Å². The molecule has 104 valence electrons. The van der Waals surface area contributed by atoms with E-state index in [0.717, 1.165) is 11.3 Å². The van der Waals surface area contributed by atoms with Crippen molar-refractivity contribution in [2.24, 2.45) is 0 Å². The van der Waals surface area contributed by atoms with Crippen molar-refractivity contribution in [2.45, 2.75) is 25.8 Å². The third kappa shape index (κ3) is 1.86. The van der Waals surface area contributed by atoms with Crippen LogP contribution in [0.2, 0.25) is 0 Å². The molecule has 0 unspecified atom stereocenters. The van der Waals surface area contributed by atoms with Crippen molar-refractivity contribution in [3.63, 3.8) is 0 Å². The van der Waals surface area contributed by atoms with E-state index in [-0.39, 0.29) is 5.91 Å². The number of fused-ring (bicyclic) bond motifs is 1. The van der Waals surface area contributed by atoms with Gasteiger partial charge in [0.2, 0.25) is 5.91 Å². The maximum absolute atomic E-state index is 12.6. The van der Waals surface area contributed by atoms with Gasteiger partial charge in [-0.2, -0.15) is 5.10 Å². The summed E-state index contributed by atoms with van der Waals surface area (Å²) < 4.78 is 1.76. The zero-order chi connectivity index (χ0) is 14.3. The van der Waals surface area contributed by atoms with Gasteiger partial charge in [-0.15, -0.1) is 0 Å². The number of nitrogen functional groups attached to an aromatic ring is 1. The lowest BCUT2D eigenvalue weighted by molar-refractivity contribution is -0.122. The molecule has 0 fully saturated rings. The van der Waals surface area contributed by atoms with Crippen LogP contribution in [0, 0.1) is 0 Å². The highest BCUT2D eigenvalue weighted by molar-refractivity contribution is 6.07. The molecule has 2 heterocycles. The summed E-state index contributed by atoms with van der Waals surface area (Å²) in [6, 6.07) is 9.72. The molecule has 2 N–H and O–H groups in total. The smallest absolute Gasteiger partial charge is 0.237 e. The van der Waals surface area contributed by atoms with Crippen LogP contribution in [0.1, 0.15) is 19.4 Å². The van der Waals surface area contributed by atoms with E-state index in [1.807, 2.05) is 49.2 Å². The van der Waals surface area contributed by atoms with E-state index >= 15 is 0 Å². The highest BCUT2D eigenvalue weighted by Crippen LogP contribution is 2.40. The number of hydrogen-bond donors (Lipinski definition) is 1. The molecular formula is C15H18N4O. The van der Waals surface area contributed by atoms with Crippen LogP contribution in [-0.4, -0.2) is 22.2 Å². The summed E-state index contributed by atoms with van der Waals surface area (Å²) >= 11 is 0. The fourth-order valence-electron chi connectivity index (χ4n) is 2.73. The Morgan fingerprint density at radius 2 is 1.95 bits per heavy atom. The summed E-state index contributed by atoms with van der Waals surface area (Å²) in [4.78, 5) is 14.4. The zero-order valence-corrected chi connectivity index (χ0v) is 11.7. The average molecular weight is 270 g/mol. The van der Waals surface area contributed by atoms with Gasteiger partial charge in [-0.1, -0.05) is 18.2 Å². The van der Waals surface area contributed by atoms with E-state index in [0.29, 0.717) is 18.9 Å². The molecule has 1 aliphatic heterocycles. The standard InChI is InChI=1S/C15H18N4O/c1-15(2)11-5-3-4-6-12(11)19(14(15)20)10-9-18-8-7-13(16)17-18/h3-8H,9-10H2,1-2H3,(H2,16,17). The van der Waals surface area contributed by atoms with Gasteiger partial charge in [0.05, 0.1) is 12.0 Å². The summed E-state index contributed by atoms with van der Waals surface area (Å²) in [6.45, 7) is 5.17. The van der Waals surface area contributed by atoms with Crippen molar-refractivity contribution in [1.82, 2.24) is 9.78 Å². The third-order valence-corrected chi connectivity index (χ3v) is 3.86. The SMILES string of the molecule is CC1(C)C(=O)N(CCn2ccc(N)n2)c2ccccc21. The molecule has 0 bridgehead atoms. The molecule has 20 heavy (non-hydrogen) atoms. The monoisotopic (exact) mass is 270 g/mol. The molecule has 1 amide bonds. The lowest BCUT2D eigenvalue weighted by atomic mass is 9.86. The molecule has 3 rings (SSSR count). The zero-order valence-electron chi connectivity index (χ0n) is 11.7. The predicted molar refractivity (Wildman–Crippen MR) is 78.5 cm³/mol. The Labute approximate surface area is 118 Å². The lowest BCUT2D eigenvalue weighted by Crippen LogP contribution is -2.38. The van der Waals surface area contributed by atoms with E-state index in [4.69, 9.17) is 5.73 Å². The third-order valence-electron chi connectivity index (χ3n) is 3.86. The number of carbonyl (C=O) groups is 1. The molecular weight excluding hydrogens is 252 g/mol. The topological polar surface area (TPSA) is 64.2 Å². The van der Waals surface area contributed by atoms with Gasteiger partial charge in [-0.05, 0) is 31.5 Å². The van der Waals surface area contributed by atoms with Crippen molar-refractivity contribution in [1.29, 1.82) is 0 Å². The largest absolute Gasteiger partial charge is 0.382 e. The number of carbonyl (C=O) groups excluding carboxylic acids is 1. The maximum Gasteiger partial charge on any atom is 0.237 e. The van der Waals surface area contributed by atoms with Crippen molar-refractivity contribution in [3.05, 3.63) is 42.1 Å². The molecule has 1 aliphatic rings. The first-order valence-electron chi connectivity index (χ1n) is 6.70. The average Bonchev–Trinajstić information content (AvgIpc) is 2.91. The number of para-hydroxylation sites is 1. The second kappa shape index (κ2) is 4.37. The number of anilines is 2. The molecule has 1 aromatic carbocycles. The normalized spacial score (nSPS) is 16.5. The first-order valence-corrected chi connectivity index (χ1v) is 6.70. The quantitative estimate of drug-likeness (QED) is 0.924. The number of aromatic nitrogens is 2. The Morgan fingerprint density at radius 3 is 2.65 bits per heavy atom. The number of hydrogen-bond acceptors (Lipinski definition) is 3. The van der Waals surface area contributed by atoms with Crippen LogP contribution < -0.4 is 10.6 Å². The van der Waals surface area contributed by atoms with Gasteiger partial charge in [0.1, 0.15) is 5.82 Å². The van der Waals surface area contributed by atoms with Crippen LogP contribution in [0.4, 0.5) is 11.5 Å². The van der Waals surface area contributed by atoms with Crippen LogP contribution in [0.5, 0.6) is 0 Å². The lowest BCUT2D eigenvalue weighted by Gasteiger charge is -2.20. The van der Waals surface area contributed by atoms with Crippen LogP contribution in [0.15, 0.2) is 36.5 Å². The van der Waals surface area contributed by atoms with Gasteiger partial charge in [0.15, 0.2) is 0 Å². The van der Waals surface area contributed by atoms with Crippen LogP contribution in [-0.2, 0) is 16.8 Å². The summed E-state index contributed by atoms with van der Waals surface area (Å²) in [6.07, 6.45) is 1.83. The van der Waals surface area contributed by atoms with E-state index < -0.39 is 5.41 Å². The molecule has 0 radical (unpaired) electrons. The van der Waals surface area contributed by atoms with Crippen molar-refractivity contribution in [3.8, 4) is 0 Å². The van der Waals surface area contributed by atoms with Gasteiger partial charge in [0, 0.05) is 18.4 Å². The van der Waals surface area contributed by atoms with E-state index in [9.17, 15) is 4.79 Å². The van der Waals surface area contributed by atoms with Crippen LogP contribution >= 0.6 is 0 Å². The molecule has 0 aliphatic carbocycles. The first kappa shape index (κ1) is 12.7. The van der Waals surface area contributed by atoms with Gasteiger partial charge < -0.3 is 10.6 Å². The first-order chi connectivity index (χ1) is 9.50. The second-order valence-electron chi connectivity index (χ2n) is 5.60. The maximum atomic E-state index is 12.6. The number of nitrogens with zero attached hydrogens (tertiary/aromatic N) is 3. The minimum Gasteiger partial charge on any atom is -0.382 e. The Hall–Kier alpha value is -2.30. The second-order valence-corrected chi connectivity index (χ2v) is 5.60. The van der Waals surface area contributed by atoms with E-state index in [1.165, 1.54) is 0 Å². The Kier molecular flexibility index (Phi) is 2.78. The molecule has 0 saturated heterocycles. The molecule has 1 aromatic heterocycles. The molecule has 5 nitrogen and oxygen atoms in total. The number of amides is 1. The van der Waals surface area contributed by atoms with Gasteiger partial charge in [-0.3, -0.25) is 9.48 Å². The highest BCUT2D eigenvalue weighted by Gasteiger charge is 2.43. The van der Waals surface area contributed by atoms with Crippen molar-refractivity contribution < 1.29 is 4.79 Å². The fraction of sp³-hybridized carbons (Fsp3) is 0.333. The van der Waals surface area contributed by atoms with Crippen LogP contribution in [0.3, 0.4) is 0 Å². The molecule has 0 saturated carbocycles. The fourth-order valence-corrected chi connectivity index (χ4v) is 2.73. The molecule has 0 spiro atoms. The molecule has 5 heteroatoms. The number of nitrogens with two attached hydrogens (primary N) is 1. The minimum absolute atomic E-state index is 0.138. The van der Waals surface area contributed by atoms with Gasteiger partial charge >= 0.3 is 0 Å². The van der Waals surface area contributed by atoms with E-state index in [1.54, 1.807) is 10.7 Å². The number of rotatable bonds is 3. The summed E-state index contributed by atoms with van der Waals surface area (Å²) in [7, 11) is 0. The van der Waals surface area contributed by atoms with Gasteiger partial charge in [0.25, 0.3) is 0 Å². The summed E-state index contributed by atoms with van der Waals surface area (Å²) in [5.41, 5.74) is 7.23. The Morgan fingerprint density at radius 1 is 1.20 bits per heavy atom. The number of benzene rings is 1.